The third-order valence-corrected chi connectivity index (χ3v) is 2.52. The quantitative estimate of drug-likeness (QED) is 0.290. The third kappa shape index (κ3) is 3.08. The van der Waals surface area contributed by atoms with E-state index in [1.165, 1.54) is 19.9 Å². The lowest BCUT2D eigenvalue weighted by molar-refractivity contribution is -0.386. The van der Waals surface area contributed by atoms with Crippen molar-refractivity contribution in [2.24, 2.45) is 0 Å². The van der Waals surface area contributed by atoms with E-state index in [1.54, 1.807) is 0 Å². The van der Waals surface area contributed by atoms with Gasteiger partial charge in [0.05, 0.1) is 16.6 Å². The second-order valence-corrected chi connectivity index (χ2v) is 3.95. The van der Waals surface area contributed by atoms with Crippen LogP contribution in [0.1, 0.15) is 23.1 Å². The van der Waals surface area contributed by atoms with Gasteiger partial charge in [-0.25, -0.2) is 0 Å². The lowest BCUT2D eigenvalue weighted by Gasteiger charge is -2.09. The second kappa shape index (κ2) is 5.79. The SMILES string of the molecule is Cc1cc(OC(=O)CC(=O)O)c([N+](=O)[O-])c(C)c1C#N. The van der Waals surface area contributed by atoms with Gasteiger partial charge in [0.25, 0.3) is 0 Å². The minimum absolute atomic E-state index is 0.0654. The smallest absolute Gasteiger partial charge is 0.322 e. The molecule has 0 heterocycles. The molecule has 0 saturated carbocycles. The van der Waals surface area contributed by atoms with Crippen LogP contribution in [0.15, 0.2) is 6.07 Å². The van der Waals surface area contributed by atoms with Crippen molar-refractivity contribution in [2.45, 2.75) is 20.3 Å². The predicted octanol–water partition coefficient (Wildman–Crippen LogP) is 1.46. The number of hydrogen-bond acceptors (Lipinski definition) is 6. The zero-order valence-electron chi connectivity index (χ0n) is 10.7. The van der Waals surface area contributed by atoms with Gasteiger partial charge < -0.3 is 9.84 Å². The van der Waals surface area contributed by atoms with Crippen LogP contribution in [-0.4, -0.2) is 22.0 Å². The Hall–Kier alpha value is -2.95. The monoisotopic (exact) mass is 278 g/mol. The topological polar surface area (TPSA) is 131 Å². The van der Waals surface area contributed by atoms with Crippen LogP contribution >= 0.6 is 0 Å². The molecule has 1 aromatic rings. The molecule has 0 atom stereocenters. The number of esters is 1. The molecule has 0 aliphatic rings. The maximum absolute atomic E-state index is 11.3. The number of carboxylic acids is 1. The molecule has 0 fully saturated rings. The van der Waals surface area contributed by atoms with E-state index in [9.17, 15) is 19.7 Å². The number of carboxylic acid groups (broad SMARTS) is 1. The lowest BCUT2D eigenvalue weighted by atomic mass is 10.0. The van der Waals surface area contributed by atoms with Gasteiger partial charge in [0.2, 0.25) is 5.75 Å². The Morgan fingerprint density at radius 3 is 2.55 bits per heavy atom. The first-order valence-electron chi connectivity index (χ1n) is 5.39. The Morgan fingerprint density at radius 1 is 1.50 bits per heavy atom. The van der Waals surface area contributed by atoms with E-state index in [-0.39, 0.29) is 16.9 Å². The van der Waals surface area contributed by atoms with Crippen molar-refractivity contribution < 1.29 is 24.4 Å². The van der Waals surface area contributed by atoms with Crippen molar-refractivity contribution in [1.29, 1.82) is 5.26 Å². The van der Waals surface area contributed by atoms with Crippen LogP contribution in [0.5, 0.6) is 5.75 Å². The molecular formula is C12H10N2O6. The maximum Gasteiger partial charge on any atom is 0.322 e. The van der Waals surface area contributed by atoms with Gasteiger partial charge in [-0.05, 0) is 25.5 Å². The number of benzene rings is 1. The van der Waals surface area contributed by atoms with Gasteiger partial charge in [0.1, 0.15) is 6.42 Å². The molecule has 1 aromatic carbocycles. The first-order valence-corrected chi connectivity index (χ1v) is 5.39. The van der Waals surface area contributed by atoms with Gasteiger partial charge in [0.15, 0.2) is 0 Å². The normalized spacial score (nSPS) is 9.65. The summed E-state index contributed by atoms with van der Waals surface area (Å²) in [7, 11) is 0. The molecule has 0 bridgehead atoms. The van der Waals surface area contributed by atoms with Crippen molar-refractivity contribution in [3.8, 4) is 11.8 Å². The van der Waals surface area contributed by atoms with E-state index in [1.807, 2.05) is 6.07 Å². The van der Waals surface area contributed by atoms with E-state index in [0.717, 1.165) is 0 Å². The lowest BCUT2D eigenvalue weighted by Crippen LogP contribution is -2.14. The number of aryl methyl sites for hydroxylation is 1. The highest BCUT2D eigenvalue weighted by molar-refractivity contribution is 5.91. The Morgan fingerprint density at radius 2 is 2.10 bits per heavy atom. The summed E-state index contributed by atoms with van der Waals surface area (Å²) < 4.78 is 4.71. The summed E-state index contributed by atoms with van der Waals surface area (Å²) in [6.45, 7) is 2.89. The highest BCUT2D eigenvalue weighted by Gasteiger charge is 2.25. The van der Waals surface area contributed by atoms with Crippen LogP contribution in [0.2, 0.25) is 0 Å². The van der Waals surface area contributed by atoms with Crippen molar-refractivity contribution in [3.63, 3.8) is 0 Å². The standard InChI is InChI=1S/C12H10N2O6/c1-6-3-9(20-11(17)4-10(15)16)12(14(18)19)7(2)8(6)5-13/h3H,4H2,1-2H3,(H,15,16). The molecule has 0 saturated heterocycles. The van der Waals surface area contributed by atoms with Gasteiger partial charge in [-0.2, -0.15) is 5.26 Å². The van der Waals surface area contributed by atoms with Crippen LogP contribution in [-0.2, 0) is 9.59 Å². The van der Waals surface area contributed by atoms with E-state index < -0.39 is 29.0 Å². The van der Waals surface area contributed by atoms with E-state index >= 15 is 0 Å². The number of carbonyl (C=O) groups is 2. The van der Waals surface area contributed by atoms with Crippen molar-refractivity contribution in [1.82, 2.24) is 0 Å². The summed E-state index contributed by atoms with van der Waals surface area (Å²) in [5, 5.41) is 28.4. The average Bonchev–Trinajstić information content (AvgIpc) is 2.26. The van der Waals surface area contributed by atoms with Crippen LogP contribution in [0.3, 0.4) is 0 Å². The van der Waals surface area contributed by atoms with E-state index in [2.05, 4.69) is 0 Å². The number of carbonyl (C=O) groups excluding carboxylic acids is 1. The van der Waals surface area contributed by atoms with Gasteiger partial charge in [-0.15, -0.1) is 0 Å². The van der Waals surface area contributed by atoms with E-state index in [4.69, 9.17) is 15.1 Å². The Labute approximate surface area is 113 Å². The Balaban J connectivity index is 3.33. The van der Waals surface area contributed by atoms with Gasteiger partial charge in [-0.1, -0.05) is 0 Å². The summed E-state index contributed by atoms with van der Waals surface area (Å²) in [6.07, 6.45) is -0.907. The van der Waals surface area contributed by atoms with Gasteiger partial charge >= 0.3 is 17.6 Å². The number of ether oxygens (including phenoxy) is 1. The van der Waals surface area contributed by atoms with Gasteiger partial charge in [-0.3, -0.25) is 19.7 Å². The second-order valence-electron chi connectivity index (χ2n) is 3.95. The number of rotatable bonds is 4. The van der Waals surface area contributed by atoms with Crippen LogP contribution < -0.4 is 4.74 Å². The fraction of sp³-hybridized carbons (Fsp3) is 0.250. The average molecular weight is 278 g/mol. The molecule has 1 rings (SSSR count). The predicted molar refractivity (Wildman–Crippen MR) is 65.2 cm³/mol. The van der Waals surface area contributed by atoms with E-state index in [0.29, 0.717) is 5.56 Å². The first-order chi connectivity index (χ1) is 9.27. The molecule has 0 radical (unpaired) electrons. The summed E-state index contributed by atoms with van der Waals surface area (Å²) in [5.74, 6) is -2.89. The summed E-state index contributed by atoms with van der Waals surface area (Å²) in [5.41, 5.74) is 0.0602. The molecule has 1 N–H and O–H groups in total. The molecule has 0 spiro atoms. The minimum atomic E-state index is -1.40. The Kier molecular flexibility index (Phi) is 4.38. The highest BCUT2D eigenvalue weighted by Crippen LogP contribution is 2.35. The number of hydrogen-bond donors (Lipinski definition) is 1. The fourth-order valence-electron chi connectivity index (χ4n) is 1.70. The maximum atomic E-state index is 11.3. The molecule has 0 unspecified atom stereocenters. The van der Waals surface area contributed by atoms with Gasteiger partial charge in [0, 0.05) is 5.56 Å². The largest absolute Gasteiger partial charge is 0.481 e. The van der Waals surface area contributed by atoms with Crippen LogP contribution in [0, 0.1) is 35.3 Å². The molecule has 104 valence electrons. The first kappa shape index (κ1) is 15.1. The Bertz CT molecular complexity index is 644. The molecule has 0 aliphatic carbocycles. The molecule has 8 heteroatoms. The molecule has 8 nitrogen and oxygen atoms in total. The number of nitro benzene ring substituents is 1. The number of nitro groups is 1. The summed E-state index contributed by atoms with van der Waals surface area (Å²) in [4.78, 5) is 31.9. The fourth-order valence-corrected chi connectivity index (χ4v) is 1.70. The highest BCUT2D eigenvalue weighted by atomic mass is 16.6. The van der Waals surface area contributed by atoms with Crippen molar-refractivity contribution in [3.05, 3.63) is 32.9 Å². The number of nitrogens with zero attached hydrogens (tertiary/aromatic N) is 2. The zero-order valence-corrected chi connectivity index (χ0v) is 10.7. The third-order valence-electron chi connectivity index (χ3n) is 2.52. The minimum Gasteiger partial charge on any atom is -0.481 e. The molecule has 0 amide bonds. The van der Waals surface area contributed by atoms with Crippen LogP contribution in [0.4, 0.5) is 5.69 Å². The molecule has 0 aromatic heterocycles. The molecule has 20 heavy (non-hydrogen) atoms. The summed E-state index contributed by atoms with van der Waals surface area (Å²) in [6, 6.07) is 3.00. The number of nitriles is 1. The van der Waals surface area contributed by atoms with Crippen LogP contribution in [0.25, 0.3) is 0 Å². The number of aliphatic carboxylic acids is 1. The molecular weight excluding hydrogens is 268 g/mol. The van der Waals surface area contributed by atoms with Crippen molar-refractivity contribution >= 4 is 17.6 Å². The summed E-state index contributed by atoms with van der Waals surface area (Å²) >= 11 is 0. The molecule has 0 aliphatic heterocycles. The van der Waals surface area contributed by atoms with Crippen molar-refractivity contribution in [2.75, 3.05) is 0 Å². The zero-order chi connectivity index (χ0) is 15.4.